The number of aliphatic hydroxyl groups is 1. The molecule has 0 radical (unpaired) electrons. The summed E-state index contributed by atoms with van der Waals surface area (Å²) in [5.41, 5.74) is 7.89. The SMILES string of the molecule is Nc1c(C23CC4CC(CC(C4)C2)C3)cnn1CCO. The van der Waals surface area contributed by atoms with Crippen LogP contribution in [0.5, 0.6) is 0 Å². The number of aliphatic hydroxyl groups excluding tert-OH is 1. The van der Waals surface area contributed by atoms with Crippen LogP contribution in [0.3, 0.4) is 0 Å². The van der Waals surface area contributed by atoms with E-state index in [1.165, 1.54) is 44.1 Å². The van der Waals surface area contributed by atoms with E-state index in [1.807, 2.05) is 6.20 Å². The summed E-state index contributed by atoms with van der Waals surface area (Å²) in [4.78, 5) is 0. The molecule has 4 aliphatic rings. The molecule has 5 rings (SSSR count). The maximum atomic E-state index is 9.07. The van der Waals surface area contributed by atoms with E-state index in [1.54, 1.807) is 4.68 Å². The average Bonchev–Trinajstić information content (AvgIpc) is 2.70. The first kappa shape index (κ1) is 11.8. The second kappa shape index (κ2) is 3.98. The Morgan fingerprint density at radius 3 is 2.32 bits per heavy atom. The van der Waals surface area contributed by atoms with Crippen LogP contribution in [0, 0.1) is 17.8 Å². The van der Waals surface area contributed by atoms with Crippen LogP contribution in [0.1, 0.15) is 44.1 Å². The van der Waals surface area contributed by atoms with Crippen LogP contribution in [0.2, 0.25) is 0 Å². The number of nitrogens with zero attached hydrogens (tertiary/aromatic N) is 2. The first-order valence-electron chi connectivity index (χ1n) is 7.63. The van der Waals surface area contributed by atoms with Gasteiger partial charge in [0.15, 0.2) is 0 Å². The molecule has 0 aromatic carbocycles. The predicted molar refractivity (Wildman–Crippen MR) is 73.6 cm³/mol. The molecule has 0 spiro atoms. The summed E-state index contributed by atoms with van der Waals surface area (Å²) in [5, 5.41) is 13.5. The Bertz CT molecular complexity index is 458. The zero-order valence-electron chi connectivity index (χ0n) is 11.4. The predicted octanol–water partition coefficient (Wildman–Crippen LogP) is 1.93. The summed E-state index contributed by atoms with van der Waals surface area (Å²) in [7, 11) is 0. The highest BCUT2D eigenvalue weighted by molar-refractivity contribution is 5.46. The van der Waals surface area contributed by atoms with Gasteiger partial charge in [-0.05, 0) is 56.3 Å². The molecule has 0 unspecified atom stereocenters. The fourth-order valence-corrected chi connectivity index (χ4v) is 5.52. The van der Waals surface area contributed by atoms with Crippen LogP contribution < -0.4 is 5.73 Å². The number of hydrogen-bond acceptors (Lipinski definition) is 3. The van der Waals surface area contributed by atoms with E-state index in [0.29, 0.717) is 12.0 Å². The lowest BCUT2D eigenvalue weighted by Crippen LogP contribution is -2.48. The molecule has 0 aliphatic heterocycles. The van der Waals surface area contributed by atoms with Gasteiger partial charge in [-0.1, -0.05) is 0 Å². The number of aromatic nitrogens is 2. The van der Waals surface area contributed by atoms with Crippen molar-refractivity contribution in [2.24, 2.45) is 17.8 Å². The Labute approximate surface area is 114 Å². The van der Waals surface area contributed by atoms with Crippen molar-refractivity contribution >= 4 is 5.82 Å². The maximum Gasteiger partial charge on any atom is 0.125 e. The van der Waals surface area contributed by atoms with Gasteiger partial charge in [0.1, 0.15) is 5.82 Å². The summed E-state index contributed by atoms with van der Waals surface area (Å²) >= 11 is 0. The third kappa shape index (κ3) is 1.65. The van der Waals surface area contributed by atoms with E-state index in [-0.39, 0.29) is 6.61 Å². The average molecular weight is 261 g/mol. The molecule has 0 saturated heterocycles. The van der Waals surface area contributed by atoms with Crippen molar-refractivity contribution in [3.8, 4) is 0 Å². The summed E-state index contributed by atoms with van der Waals surface area (Å²) in [6, 6.07) is 0. The lowest BCUT2D eigenvalue weighted by Gasteiger charge is -2.56. The van der Waals surface area contributed by atoms with E-state index in [0.717, 1.165) is 23.6 Å². The topological polar surface area (TPSA) is 64.1 Å². The molecular weight excluding hydrogens is 238 g/mol. The van der Waals surface area contributed by atoms with E-state index in [9.17, 15) is 0 Å². The Morgan fingerprint density at radius 1 is 1.21 bits per heavy atom. The number of nitrogen functional groups attached to an aromatic ring is 1. The van der Waals surface area contributed by atoms with Gasteiger partial charge in [0.05, 0.1) is 19.3 Å². The molecule has 4 nitrogen and oxygen atoms in total. The molecule has 0 amide bonds. The lowest BCUT2D eigenvalue weighted by molar-refractivity contribution is -0.00486. The van der Waals surface area contributed by atoms with E-state index >= 15 is 0 Å². The summed E-state index contributed by atoms with van der Waals surface area (Å²) in [6.45, 7) is 0.615. The second-order valence-corrected chi connectivity index (χ2v) is 7.09. The monoisotopic (exact) mass is 261 g/mol. The molecular formula is C15H23N3O. The molecule has 1 aromatic rings. The van der Waals surface area contributed by atoms with Gasteiger partial charge in [0, 0.05) is 11.0 Å². The molecule has 4 bridgehead atoms. The van der Waals surface area contributed by atoms with Crippen LogP contribution in [0.25, 0.3) is 0 Å². The smallest absolute Gasteiger partial charge is 0.125 e. The molecule has 104 valence electrons. The van der Waals surface area contributed by atoms with Crippen molar-refractivity contribution < 1.29 is 5.11 Å². The van der Waals surface area contributed by atoms with Crippen LogP contribution in [0.4, 0.5) is 5.82 Å². The van der Waals surface area contributed by atoms with Gasteiger partial charge >= 0.3 is 0 Å². The Morgan fingerprint density at radius 2 is 1.79 bits per heavy atom. The number of nitrogens with two attached hydrogens (primary N) is 1. The van der Waals surface area contributed by atoms with Crippen molar-refractivity contribution in [3.05, 3.63) is 11.8 Å². The number of hydrogen-bond donors (Lipinski definition) is 2. The zero-order valence-corrected chi connectivity index (χ0v) is 11.4. The van der Waals surface area contributed by atoms with E-state index in [4.69, 9.17) is 10.8 Å². The highest BCUT2D eigenvalue weighted by Crippen LogP contribution is 2.61. The molecule has 4 aliphatic carbocycles. The van der Waals surface area contributed by atoms with Gasteiger partial charge in [-0.3, -0.25) is 0 Å². The minimum absolute atomic E-state index is 0.103. The summed E-state index contributed by atoms with van der Waals surface area (Å²) < 4.78 is 1.77. The van der Waals surface area contributed by atoms with Crippen molar-refractivity contribution in [1.29, 1.82) is 0 Å². The van der Waals surface area contributed by atoms with Crippen molar-refractivity contribution in [3.63, 3.8) is 0 Å². The fourth-order valence-electron chi connectivity index (χ4n) is 5.52. The molecule has 4 saturated carbocycles. The molecule has 3 N–H and O–H groups in total. The number of anilines is 1. The van der Waals surface area contributed by atoms with Gasteiger partial charge in [-0.15, -0.1) is 0 Å². The van der Waals surface area contributed by atoms with Crippen molar-refractivity contribution in [2.75, 3.05) is 12.3 Å². The van der Waals surface area contributed by atoms with Crippen LogP contribution in [-0.4, -0.2) is 21.5 Å². The van der Waals surface area contributed by atoms with Crippen LogP contribution in [-0.2, 0) is 12.0 Å². The third-order valence-corrected chi connectivity index (χ3v) is 5.80. The van der Waals surface area contributed by atoms with Gasteiger partial charge in [-0.25, -0.2) is 4.68 Å². The highest BCUT2D eigenvalue weighted by atomic mass is 16.3. The standard InChI is InChI=1S/C15H23N3O/c16-14-13(9-17-18(14)1-2-19)15-6-10-3-11(7-15)5-12(4-10)8-15/h9-12,19H,1-8,16H2. The number of rotatable bonds is 3. The van der Waals surface area contributed by atoms with E-state index in [2.05, 4.69) is 5.10 Å². The van der Waals surface area contributed by atoms with Crippen molar-refractivity contribution in [2.45, 2.75) is 50.5 Å². The van der Waals surface area contributed by atoms with Gasteiger partial charge in [0.25, 0.3) is 0 Å². The summed E-state index contributed by atoms with van der Waals surface area (Å²) in [5.74, 6) is 3.57. The van der Waals surface area contributed by atoms with Gasteiger partial charge in [0.2, 0.25) is 0 Å². The third-order valence-electron chi connectivity index (χ3n) is 5.80. The normalized spacial score (nSPS) is 39.9. The Kier molecular flexibility index (Phi) is 2.47. The quantitative estimate of drug-likeness (QED) is 0.873. The lowest BCUT2D eigenvalue weighted by atomic mass is 9.48. The molecule has 1 aromatic heterocycles. The fraction of sp³-hybridized carbons (Fsp3) is 0.800. The van der Waals surface area contributed by atoms with Crippen molar-refractivity contribution in [1.82, 2.24) is 9.78 Å². The molecule has 0 atom stereocenters. The summed E-state index contributed by atoms with van der Waals surface area (Å²) in [6.07, 6.45) is 10.3. The largest absolute Gasteiger partial charge is 0.394 e. The Balaban J connectivity index is 1.71. The van der Waals surface area contributed by atoms with E-state index < -0.39 is 0 Å². The first-order valence-corrected chi connectivity index (χ1v) is 7.63. The van der Waals surface area contributed by atoms with Crippen LogP contribution in [0.15, 0.2) is 6.20 Å². The van der Waals surface area contributed by atoms with Gasteiger partial charge < -0.3 is 10.8 Å². The zero-order chi connectivity index (χ0) is 13.0. The first-order chi connectivity index (χ1) is 9.20. The maximum absolute atomic E-state index is 9.07. The molecule has 4 heteroatoms. The minimum atomic E-state index is 0.103. The molecule has 1 heterocycles. The molecule has 19 heavy (non-hydrogen) atoms. The highest BCUT2D eigenvalue weighted by Gasteiger charge is 2.52. The minimum Gasteiger partial charge on any atom is -0.394 e. The Hall–Kier alpha value is -1.03. The van der Waals surface area contributed by atoms with Crippen LogP contribution >= 0.6 is 0 Å². The molecule has 4 fully saturated rings. The van der Waals surface area contributed by atoms with Gasteiger partial charge in [-0.2, -0.15) is 5.10 Å². The second-order valence-electron chi connectivity index (χ2n) is 7.09.